The minimum Gasteiger partial charge on any atom is -0.462 e. The summed E-state index contributed by atoms with van der Waals surface area (Å²) in [4.78, 5) is 48.2. The Balaban J connectivity index is 2.19. The fraction of sp³-hybridized carbons (Fsp3) is 0.706. The number of aliphatic hydroxyl groups is 1. The summed E-state index contributed by atoms with van der Waals surface area (Å²) < 4.78 is 28.0. The van der Waals surface area contributed by atoms with Crippen molar-refractivity contribution < 1.29 is 48.0 Å². The van der Waals surface area contributed by atoms with Gasteiger partial charge in [0.05, 0.1) is 18.6 Å². The number of carbonyl (C=O) groups excluding carboxylic acids is 4. The second-order valence-electron chi connectivity index (χ2n) is 12.6. The fourth-order valence-electron chi connectivity index (χ4n) is 5.66. The quantitative estimate of drug-likeness (QED) is 0.0971. The van der Waals surface area contributed by atoms with Crippen molar-refractivity contribution in [2.75, 3.05) is 0 Å². The molecule has 2 aliphatic rings. The zero-order valence-corrected chi connectivity index (χ0v) is 28.0. The van der Waals surface area contributed by atoms with Crippen molar-refractivity contribution in [1.82, 2.24) is 0 Å². The fourth-order valence-corrected chi connectivity index (χ4v) is 5.66. The van der Waals surface area contributed by atoms with Crippen molar-refractivity contribution in [1.29, 1.82) is 0 Å². The maximum absolute atomic E-state index is 13.1. The summed E-state index contributed by atoms with van der Waals surface area (Å²) >= 11 is 0. The maximum Gasteiger partial charge on any atom is 0.404 e. The average Bonchev–Trinajstić information content (AvgIpc) is 3.72. The molecule has 0 spiro atoms. The topological polar surface area (TPSA) is 164 Å². The van der Waals surface area contributed by atoms with Crippen LogP contribution in [0.3, 0.4) is 0 Å². The first-order chi connectivity index (χ1) is 21.1. The first kappa shape index (κ1) is 38.0. The Hall–Kier alpha value is -3.18. The van der Waals surface area contributed by atoms with E-state index in [9.17, 15) is 24.3 Å². The lowest BCUT2D eigenvalue weighted by atomic mass is 9.88. The SMILES string of the molecule is CCC(=O)OC1CCC(C)(O)C(OC(C)=O)/C=C/C(C)C(/C(C)=C/C=C/C(C)CC2OC2C(C)C(CC)OC(N)=O)OC(=O)C1. The molecule has 2 aliphatic heterocycles. The second-order valence-corrected chi connectivity index (χ2v) is 12.6. The van der Waals surface area contributed by atoms with Gasteiger partial charge < -0.3 is 34.5 Å². The van der Waals surface area contributed by atoms with E-state index >= 15 is 0 Å². The molecule has 1 amide bonds. The number of amides is 1. The number of hydrogen-bond donors (Lipinski definition) is 2. The van der Waals surface area contributed by atoms with E-state index in [4.69, 9.17) is 29.4 Å². The van der Waals surface area contributed by atoms with Crippen LogP contribution in [0.2, 0.25) is 0 Å². The summed E-state index contributed by atoms with van der Waals surface area (Å²) in [5, 5.41) is 11.2. The highest BCUT2D eigenvalue weighted by atomic mass is 16.6. The predicted molar refractivity (Wildman–Crippen MR) is 168 cm³/mol. The minimum absolute atomic E-state index is 0.00251. The summed E-state index contributed by atoms with van der Waals surface area (Å²) in [6, 6.07) is 0. The number of carbonyl (C=O) groups is 4. The van der Waals surface area contributed by atoms with Crippen LogP contribution in [0, 0.1) is 17.8 Å². The van der Waals surface area contributed by atoms with Crippen LogP contribution in [0.1, 0.15) is 93.9 Å². The summed E-state index contributed by atoms with van der Waals surface area (Å²) in [5.41, 5.74) is 4.52. The number of epoxide rings is 1. The van der Waals surface area contributed by atoms with Gasteiger partial charge in [-0.25, -0.2) is 4.79 Å². The van der Waals surface area contributed by atoms with Crippen LogP contribution in [0.25, 0.3) is 0 Å². The van der Waals surface area contributed by atoms with Crippen LogP contribution >= 0.6 is 0 Å². The molecule has 1 saturated heterocycles. The van der Waals surface area contributed by atoms with Gasteiger partial charge in [-0.15, -0.1) is 0 Å². The third-order valence-electron chi connectivity index (χ3n) is 8.43. The maximum atomic E-state index is 13.1. The zero-order chi connectivity index (χ0) is 33.9. The largest absolute Gasteiger partial charge is 0.462 e. The first-order valence-electron chi connectivity index (χ1n) is 16.0. The summed E-state index contributed by atoms with van der Waals surface area (Å²) in [5.74, 6) is -1.64. The molecule has 0 aromatic rings. The van der Waals surface area contributed by atoms with Gasteiger partial charge in [-0.3, -0.25) is 14.4 Å². The molecule has 0 aromatic carbocycles. The van der Waals surface area contributed by atoms with Crippen LogP contribution in [0.15, 0.2) is 36.0 Å². The number of primary amides is 1. The summed E-state index contributed by atoms with van der Waals surface area (Å²) in [6.07, 6.45) is 7.56. The number of cyclic esters (lactones) is 1. The monoisotopic (exact) mass is 635 g/mol. The van der Waals surface area contributed by atoms with Crippen LogP contribution in [0.4, 0.5) is 4.79 Å². The molecular weight excluding hydrogens is 582 g/mol. The van der Waals surface area contributed by atoms with Crippen molar-refractivity contribution in [2.45, 2.75) is 136 Å². The predicted octanol–water partition coefficient (Wildman–Crippen LogP) is 5.09. The smallest absolute Gasteiger partial charge is 0.404 e. The standard InChI is InChI=1S/C34H53NO10/c1-9-26(44-33(35)39)23(6)32-27(43-32)18-20(3)12-11-13-21(4)31-22(5)14-15-28(41-24(7)36)34(8,40)17-16-25(19-30(38)45-31)42-29(37)10-2/h11-15,20,22-23,25-28,31-32,40H,9-10,16-19H2,1-8H3,(H2,35,39)/b12-11+,15-14+,21-13+. The highest BCUT2D eigenvalue weighted by Gasteiger charge is 2.46. The molecular formula is C34H53NO10. The Morgan fingerprint density at radius 2 is 1.87 bits per heavy atom. The molecule has 10 unspecified atom stereocenters. The second kappa shape index (κ2) is 17.5. The van der Waals surface area contributed by atoms with E-state index in [1.165, 1.54) is 6.92 Å². The molecule has 0 bridgehead atoms. The van der Waals surface area contributed by atoms with E-state index in [1.807, 2.05) is 39.8 Å². The van der Waals surface area contributed by atoms with E-state index in [-0.39, 0.29) is 61.7 Å². The van der Waals surface area contributed by atoms with Crippen LogP contribution in [-0.4, -0.2) is 71.3 Å². The minimum atomic E-state index is -1.46. The summed E-state index contributed by atoms with van der Waals surface area (Å²) in [6.45, 7) is 14.3. The zero-order valence-electron chi connectivity index (χ0n) is 28.0. The lowest BCUT2D eigenvalue weighted by Gasteiger charge is -2.33. The molecule has 0 aliphatic carbocycles. The first-order valence-corrected chi connectivity index (χ1v) is 16.0. The van der Waals surface area contributed by atoms with E-state index in [2.05, 4.69) is 13.0 Å². The van der Waals surface area contributed by atoms with Crippen LogP contribution in [0.5, 0.6) is 0 Å². The lowest BCUT2D eigenvalue weighted by molar-refractivity contribution is -0.161. The molecule has 0 radical (unpaired) electrons. The van der Waals surface area contributed by atoms with Crippen LogP contribution in [-0.2, 0) is 38.1 Å². The van der Waals surface area contributed by atoms with Gasteiger partial charge in [0, 0.05) is 25.2 Å². The van der Waals surface area contributed by atoms with Crippen molar-refractivity contribution in [3.05, 3.63) is 36.0 Å². The molecule has 10 atom stereocenters. The number of nitrogens with two attached hydrogens (primary N) is 1. The van der Waals surface area contributed by atoms with Gasteiger partial charge in [-0.2, -0.15) is 0 Å². The number of ether oxygens (including phenoxy) is 5. The number of allylic oxidation sites excluding steroid dienone is 3. The van der Waals surface area contributed by atoms with Gasteiger partial charge >= 0.3 is 24.0 Å². The molecule has 11 heteroatoms. The van der Waals surface area contributed by atoms with Gasteiger partial charge in [0.25, 0.3) is 0 Å². The molecule has 0 aromatic heterocycles. The van der Waals surface area contributed by atoms with Crippen molar-refractivity contribution in [2.24, 2.45) is 23.5 Å². The highest BCUT2D eigenvalue weighted by Crippen LogP contribution is 2.37. The third-order valence-corrected chi connectivity index (χ3v) is 8.43. The normalized spacial score (nSPS) is 32.2. The van der Waals surface area contributed by atoms with E-state index in [0.717, 1.165) is 12.0 Å². The van der Waals surface area contributed by atoms with Crippen molar-refractivity contribution in [3.63, 3.8) is 0 Å². The molecule has 1 fully saturated rings. The number of rotatable bonds is 12. The molecule has 11 nitrogen and oxygen atoms in total. The Labute approximate surface area is 267 Å². The Morgan fingerprint density at radius 1 is 1.18 bits per heavy atom. The van der Waals surface area contributed by atoms with Crippen molar-refractivity contribution in [3.8, 4) is 0 Å². The van der Waals surface area contributed by atoms with Gasteiger partial charge in [0.15, 0.2) is 0 Å². The van der Waals surface area contributed by atoms with Crippen LogP contribution < -0.4 is 5.73 Å². The van der Waals surface area contributed by atoms with E-state index in [1.54, 1.807) is 26.0 Å². The van der Waals surface area contributed by atoms with E-state index < -0.39 is 47.9 Å². The van der Waals surface area contributed by atoms with Gasteiger partial charge in [-0.05, 0) is 57.1 Å². The number of hydrogen-bond acceptors (Lipinski definition) is 10. The lowest BCUT2D eigenvalue weighted by Crippen LogP contribution is -2.42. The highest BCUT2D eigenvalue weighted by molar-refractivity contribution is 5.72. The molecule has 2 heterocycles. The average molecular weight is 636 g/mol. The van der Waals surface area contributed by atoms with Crippen molar-refractivity contribution >= 4 is 24.0 Å². The Kier molecular flexibility index (Phi) is 14.8. The number of esters is 3. The van der Waals surface area contributed by atoms with Gasteiger partial charge in [-0.1, -0.05) is 58.9 Å². The summed E-state index contributed by atoms with van der Waals surface area (Å²) in [7, 11) is 0. The molecule has 3 N–H and O–H groups in total. The Morgan fingerprint density at radius 3 is 2.47 bits per heavy atom. The third kappa shape index (κ3) is 12.6. The van der Waals surface area contributed by atoms with Gasteiger partial charge in [0.2, 0.25) is 0 Å². The van der Waals surface area contributed by atoms with E-state index in [0.29, 0.717) is 6.42 Å². The molecule has 45 heavy (non-hydrogen) atoms. The molecule has 254 valence electrons. The van der Waals surface area contributed by atoms with Gasteiger partial charge in [0.1, 0.15) is 30.0 Å². The molecule has 2 rings (SSSR count). The molecule has 0 saturated carbocycles. The Bertz CT molecular complexity index is 1110.